The van der Waals surface area contributed by atoms with Crippen molar-refractivity contribution in [2.45, 2.75) is 70.8 Å². The van der Waals surface area contributed by atoms with Gasteiger partial charge in [0.25, 0.3) is 5.91 Å². The second-order valence-electron chi connectivity index (χ2n) is 10.0. The van der Waals surface area contributed by atoms with E-state index in [9.17, 15) is 9.59 Å². The maximum atomic E-state index is 13.6. The standard InChI is InChI=1S/C30H40N2O3/c1-2-31-19-11-4-12-20-32(29(33)22-25-15-7-8-16-25)26(21-24-13-5-3-6-14-24)23-35-28-18-10-9-17-27(28)30(31)34/h3,5-6,9-10,13-14,17-18,25-26H,2,4,7-8,11-12,15-16,19-23H2,1H3/t26-/m0/s1. The monoisotopic (exact) mass is 476 g/mol. The van der Waals surface area contributed by atoms with Gasteiger partial charge in [-0.15, -0.1) is 0 Å². The molecule has 2 aromatic carbocycles. The van der Waals surface area contributed by atoms with Gasteiger partial charge in [-0.1, -0.05) is 55.3 Å². The molecule has 1 saturated carbocycles. The predicted octanol–water partition coefficient (Wildman–Crippen LogP) is 5.73. The van der Waals surface area contributed by atoms with Crippen molar-refractivity contribution in [2.24, 2.45) is 5.92 Å². The first-order valence-corrected chi connectivity index (χ1v) is 13.5. The molecular formula is C30H40N2O3. The third-order valence-electron chi connectivity index (χ3n) is 7.56. The lowest BCUT2D eigenvalue weighted by atomic mass is 10.00. The molecule has 0 aromatic heterocycles. The molecular weight excluding hydrogens is 436 g/mol. The first-order chi connectivity index (χ1) is 17.2. The zero-order valence-corrected chi connectivity index (χ0v) is 21.2. The Morgan fingerprint density at radius 2 is 1.63 bits per heavy atom. The first kappa shape index (κ1) is 25.3. The Labute approximate surface area is 210 Å². The van der Waals surface area contributed by atoms with E-state index in [0.29, 0.717) is 36.8 Å². The number of hydrogen-bond donors (Lipinski definition) is 0. The lowest BCUT2D eigenvalue weighted by molar-refractivity contribution is -0.135. The zero-order chi connectivity index (χ0) is 24.5. The molecule has 0 bridgehead atoms. The molecule has 0 unspecified atom stereocenters. The third kappa shape index (κ3) is 6.87. The molecule has 0 saturated heterocycles. The van der Waals surface area contributed by atoms with Crippen LogP contribution in [-0.4, -0.2) is 53.9 Å². The summed E-state index contributed by atoms with van der Waals surface area (Å²) in [4.78, 5) is 30.9. The predicted molar refractivity (Wildman–Crippen MR) is 140 cm³/mol. The Bertz CT molecular complexity index is 955. The maximum Gasteiger partial charge on any atom is 0.257 e. The number of amides is 2. The van der Waals surface area contributed by atoms with Gasteiger partial charge in [0, 0.05) is 26.1 Å². The smallest absolute Gasteiger partial charge is 0.257 e. The summed E-state index contributed by atoms with van der Waals surface area (Å²) in [7, 11) is 0. The molecule has 0 N–H and O–H groups in total. The van der Waals surface area contributed by atoms with Crippen LogP contribution in [0.15, 0.2) is 54.6 Å². The SMILES string of the molecule is CCN1CCCCCN(C(=O)CC2CCCC2)[C@@H](Cc2ccccc2)COc2ccccc2C1=O. The third-order valence-corrected chi connectivity index (χ3v) is 7.56. The topological polar surface area (TPSA) is 49.9 Å². The van der Waals surface area contributed by atoms with Gasteiger partial charge in [-0.05, 0) is 69.1 Å². The van der Waals surface area contributed by atoms with Crippen molar-refractivity contribution in [3.63, 3.8) is 0 Å². The highest BCUT2D eigenvalue weighted by atomic mass is 16.5. The molecule has 188 valence electrons. The summed E-state index contributed by atoms with van der Waals surface area (Å²) >= 11 is 0. The molecule has 0 radical (unpaired) electrons. The van der Waals surface area contributed by atoms with Crippen LogP contribution in [0.4, 0.5) is 0 Å². The summed E-state index contributed by atoms with van der Waals surface area (Å²) in [6, 6.07) is 17.8. The van der Waals surface area contributed by atoms with Crippen molar-refractivity contribution in [3.05, 3.63) is 65.7 Å². The number of para-hydroxylation sites is 1. The number of ether oxygens (including phenoxy) is 1. The molecule has 1 atom stereocenters. The van der Waals surface area contributed by atoms with Gasteiger partial charge in [0.2, 0.25) is 5.91 Å². The fraction of sp³-hybridized carbons (Fsp3) is 0.533. The van der Waals surface area contributed by atoms with Crippen LogP contribution in [-0.2, 0) is 11.2 Å². The van der Waals surface area contributed by atoms with Crippen LogP contribution in [0.3, 0.4) is 0 Å². The molecule has 1 fully saturated rings. The highest BCUT2D eigenvalue weighted by molar-refractivity contribution is 5.96. The molecule has 35 heavy (non-hydrogen) atoms. The zero-order valence-electron chi connectivity index (χ0n) is 21.2. The Balaban J connectivity index is 1.61. The van der Waals surface area contributed by atoms with Crippen molar-refractivity contribution >= 4 is 11.8 Å². The minimum absolute atomic E-state index is 0.0242. The normalized spacial score (nSPS) is 20.4. The molecule has 2 amide bonds. The van der Waals surface area contributed by atoms with E-state index in [4.69, 9.17) is 4.74 Å². The Hall–Kier alpha value is -2.82. The fourth-order valence-corrected chi connectivity index (χ4v) is 5.53. The van der Waals surface area contributed by atoms with Crippen LogP contribution in [0, 0.1) is 5.92 Å². The van der Waals surface area contributed by atoms with Crippen LogP contribution in [0.1, 0.15) is 74.2 Å². The van der Waals surface area contributed by atoms with Crippen LogP contribution in [0.2, 0.25) is 0 Å². The van der Waals surface area contributed by atoms with E-state index >= 15 is 0 Å². The van der Waals surface area contributed by atoms with E-state index < -0.39 is 0 Å². The van der Waals surface area contributed by atoms with Crippen molar-refractivity contribution in [2.75, 3.05) is 26.2 Å². The van der Waals surface area contributed by atoms with Crippen LogP contribution >= 0.6 is 0 Å². The molecule has 1 heterocycles. The lowest BCUT2D eigenvalue weighted by Crippen LogP contribution is -2.46. The largest absolute Gasteiger partial charge is 0.491 e. The lowest BCUT2D eigenvalue weighted by Gasteiger charge is -2.33. The average molecular weight is 477 g/mol. The van der Waals surface area contributed by atoms with E-state index in [1.54, 1.807) is 0 Å². The average Bonchev–Trinajstić information content (AvgIpc) is 3.39. The molecule has 0 spiro atoms. The number of fused-ring (bicyclic) bond motifs is 1. The molecule has 1 aliphatic carbocycles. The van der Waals surface area contributed by atoms with Gasteiger partial charge in [-0.25, -0.2) is 0 Å². The van der Waals surface area contributed by atoms with Gasteiger partial charge in [0.05, 0.1) is 11.6 Å². The Kier molecular flexibility index (Phi) is 9.21. The second-order valence-corrected chi connectivity index (χ2v) is 10.0. The molecule has 2 aliphatic rings. The highest BCUT2D eigenvalue weighted by Gasteiger charge is 2.29. The number of nitrogens with zero attached hydrogens (tertiary/aromatic N) is 2. The molecule has 5 nitrogen and oxygen atoms in total. The highest BCUT2D eigenvalue weighted by Crippen LogP contribution is 2.29. The number of carbonyl (C=O) groups is 2. The fourth-order valence-electron chi connectivity index (χ4n) is 5.53. The van der Waals surface area contributed by atoms with Gasteiger partial charge in [0.1, 0.15) is 12.4 Å². The minimum atomic E-state index is -0.0718. The Morgan fingerprint density at radius 1 is 0.914 bits per heavy atom. The summed E-state index contributed by atoms with van der Waals surface area (Å²) in [5.74, 6) is 1.41. The van der Waals surface area contributed by atoms with Gasteiger partial charge in [-0.3, -0.25) is 9.59 Å². The molecule has 1 aliphatic heterocycles. The summed E-state index contributed by atoms with van der Waals surface area (Å²) in [6.07, 6.45) is 9.09. The number of carbonyl (C=O) groups excluding carboxylic acids is 2. The molecule has 5 heteroatoms. The number of benzene rings is 2. The van der Waals surface area contributed by atoms with Crippen LogP contribution in [0.25, 0.3) is 0 Å². The second kappa shape index (κ2) is 12.8. The van der Waals surface area contributed by atoms with Crippen molar-refractivity contribution < 1.29 is 14.3 Å². The van der Waals surface area contributed by atoms with E-state index in [0.717, 1.165) is 38.8 Å². The minimum Gasteiger partial charge on any atom is -0.491 e. The summed E-state index contributed by atoms with van der Waals surface area (Å²) in [6.45, 7) is 4.55. The number of hydrogen-bond acceptors (Lipinski definition) is 3. The quantitative estimate of drug-likeness (QED) is 0.554. The van der Waals surface area contributed by atoms with E-state index in [-0.39, 0.29) is 17.9 Å². The number of rotatable bonds is 5. The van der Waals surface area contributed by atoms with Gasteiger partial charge < -0.3 is 14.5 Å². The van der Waals surface area contributed by atoms with E-state index in [1.807, 2.05) is 54.3 Å². The van der Waals surface area contributed by atoms with E-state index in [1.165, 1.54) is 31.2 Å². The molecule has 4 rings (SSSR count). The summed E-state index contributed by atoms with van der Waals surface area (Å²) in [5, 5.41) is 0. The molecule has 2 aromatic rings. The first-order valence-electron chi connectivity index (χ1n) is 13.5. The van der Waals surface area contributed by atoms with Crippen LogP contribution in [0.5, 0.6) is 5.75 Å². The van der Waals surface area contributed by atoms with Crippen molar-refractivity contribution in [1.82, 2.24) is 9.80 Å². The van der Waals surface area contributed by atoms with Crippen molar-refractivity contribution in [3.8, 4) is 5.75 Å². The van der Waals surface area contributed by atoms with Crippen molar-refractivity contribution in [1.29, 1.82) is 0 Å². The Morgan fingerprint density at radius 3 is 2.40 bits per heavy atom. The summed E-state index contributed by atoms with van der Waals surface area (Å²) in [5.41, 5.74) is 1.81. The van der Waals surface area contributed by atoms with Crippen LogP contribution < -0.4 is 4.74 Å². The maximum absolute atomic E-state index is 13.6. The summed E-state index contributed by atoms with van der Waals surface area (Å²) < 4.78 is 6.36. The van der Waals surface area contributed by atoms with E-state index in [2.05, 4.69) is 17.0 Å². The van der Waals surface area contributed by atoms with Gasteiger partial charge in [0.15, 0.2) is 0 Å². The van der Waals surface area contributed by atoms with Gasteiger partial charge >= 0.3 is 0 Å². The van der Waals surface area contributed by atoms with Gasteiger partial charge in [-0.2, -0.15) is 0 Å².